The van der Waals surface area contributed by atoms with Crippen molar-refractivity contribution in [2.75, 3.05) is 14.2 Å². The summed E-state index contributed by atoms with van der Waals surface area (Å²) >= 11 is 0. The normalized spacial score (nSPS) is 10.2. The van der Waals surface area contributed by atoms with Crippen LogP contribution in [0, 0.1) is 0 Å². The molecule has 0 radical (unpaired) electrons. The largest absolute Gasteiger partial charge is 0.493 e. The first kappa shape index (κ1) is 10.1. The summed E-state index contributed by atoms with van der Waals surface area (Å²) in [4.78, 5) is 0. The number of rotatable bonds is 3. The fraction of sp³-hybridized carbons (Fsp3) is 0.400. The Hall–Kier alpha value is -0.963. The minimum atomic E-state index is -0.833. The molecule has 1 aromatic carbocycles. The second-order valence-electron chi connectivity index (χ2n) is 3.24. The van der Waals surface area contributed by atoms with Crippen LogP contribution >= 0.6 is 0 Å². The molecule has 0 aliphatic carbocycles. The summed E-state index contributed by atoms with van der Waals surface area (Å²) in [6.07, 6.45) is 0. The zero-order valence-corrected chi connectivity index (χ0v) is 9.78. The standard InChI is InChI=1S/C10H16O2Si/c1-11-8-6-5-7-9(13(3)4)10(8)12-2/h5-7,13H,1-4H3. The summed E-state index contributed by atoms with van der Waals surface area (Å²) < 4.78 is 10.6. The smallest absolute Gasteiger partial charge is 0.160 e. The molecule has 0 saturated carbocycles. The Morgan fingerprint density at radius 3 is 2.23 bits per heavy atom. The molecule has 0 N–H and O–H groups in total. The van der Waals surface area contributed by atoms with Crippen LogP contribution in [0.15, 0.2) is 18.2 Å². The van der Waals surface area contributed by atoms with Gasteiger partial charge in [-0.2, -0.15) is 0 Å². The van der Waals surface area contributed by atoms with Crippen LogP contribution in [0.2, 0.25) is 13.1 Å². The molecule has 0 aliphatic heterocycles. The molecular weight excluding hydrogens is 180 g/mol. The first-order valence-electron chi connectivity index (χ1n) is 4.41. The van der Waals surface area contributed by atoms with Crippen LogP contribution < -0.4 is 14.7 Å². The van der Waals surface area contributed by atoms with Crippen molar-refractivity contribution in [2.45, 2.75) is 13.1 Å². The van der Waals surface area contributed by atoms with Gasteiger partial charge >= 0.3 is 0 Å². The first-order valence-corrected chi connectivity index (χ1v) is 7.30. The maximum absolute atomic E-state index is 5.34. The summed E-state index contributed by atoms with van der Waals surface area (Å²) in [6, 6.07) is 6.07. The van der Waals surface area contributed by atoms with Crippen molar-refractivity contribution in [2.24, 2.45) is 0 Å². The molecule has 0 fully saturated rings. The van der Waals surface area contributed by atoms with E-state index in [1.165, 1.54) is 5.19 Å². The van der Waals surface area contributed by atoms with E-state index in [0.29, 0.717) is 0 Å². The van der Waals surface area contributed by atoms with Crippen molar-refractivity contribution in [3.8, 4) is 11.5 Å². The second kappa shape index (κ2) is 4.32. The molecule has 0 atom stereocenters. The molecule has 3 heteroatoms. The lowest BCUT2D eigenvalue weighted by molar-refractivity contribution is 0.357. The minimum Gasteiger partial charge on any atom is -0.493 e. The van der Waals surface area contributed by atoms with E-state index in [1.54, 1.807) is 14.2 Å². The third kappa shape index (κ3) is 2.04. The van der Waals surface area contributed by atoms with Crippen LogP contribution in [-0.4, -0.2) is 23.0 Å². The van der Waals surface area contributed by atoms with Crippen molar-refractivity contribution in [1.82, 2.24) is 0 Å². The minimum absolute atomic E-state index is 0.833. The number of benzene rings is 1. The highest BCUT2D eigenvalue weighted by Gasteiger charge is 2.11. The van der Waals surface area contributed by atoms with Gasteiger partial charge < -0.3 is 9.47 Å². The third-order valence-electron chi connectivity index (χ3n) is 2.06. The Labute approximate surface area is 81.1 Å². The second-order valence-corrected chi connectivity index (χ2v) is 6.17. The van der Waals surface area contributed by atoms with Crippen LogP contribution in [0.3, 0.4) is 0 Å². The van der Waals surface area contributed by atoms with Gasteiger partial charge in [-0.3, -0.25) is 0 Å². The highest BCUT2D eigenvalue weighted by atomic mass is 28.3. The molecule has 0 saturated heterocycles. The van der Waals surface area contributed by atoms with Crippen molar-refractivity contribution < 1.29 is 9.47 Å². The van der Waals surface area contributed by atoms with Gasteiger partial charge in [0.2, 0.25) is 0 Å². The SMILES string of the molecule is COc1cccc([SiH](C)C)c1OC. The molecular formula is C10H16O2Si. The summed E-state index contributed by atoms with van der Waals surface area (Å²) in [5.41, 5.74) is 0. The molecule has 0 unspecified atom stereocenters. The van der Waals surface area contributed by atoms with Crippen molar-refractivity contribution >= 4 is 14.0 Å². The number of methoxy groups -OCH3 is 2. The molecule has 72 valence electrons. The highest BCUT2D eigenvalue weighted by molar-refractivity contribution is 6.71. The molecule has 1 aromatic rings. The fourth-order valence-electron chi connectivity index (χ4n) is 1.37. The van der Waals surface area contributed by atoms with E-state index in [4.69, 9.17) is 9.47 Å². The summed E-state index contributed by atoms with van der Waals surface area (Å²) in [7, 11) is 2.53. The highest BCUT2D eigenvalue weighted by Crippen LogP contribution is 2.24. The quantitative estimate of drug-likeness (QED) is 0.680. The van der Waals surface area contributed by atoms with E-state index < -0.39 is 8.80 Å². The molecule has 0 aliphatic rings. The van der Waals surface area contributed by atoms with Crippen LogP contribution in [-0.2, 0) is 0 Å². The number of hydrogen-bond donors (Lipinski definition) is 0. The predicted octanol–water partition coefficient (Wildman–Crippen LogP) is 1.40. The lowest BCUT2D eigenvalue weighted by atomic mass is 10.3. The van der Waals surface area contributed by atoms with Crippen LogP contribution in [0.1, 0.15) is 0 Å². The molecule has 0 aromatic heterocycles. The number of hydrogen-bond acceptors (Lipinski definition) is 2. The molecule has 1 rings (SSSR count). The van der Waals surface area contributed by atoms with Crippen LogP contribution in [0.4, 0.5) is 0 Å². The zero-order chi connectivity index (χ0) is 9.84. The summed E-state index contributed by atoms with van der Waals surface area (Å²) in [5.74, 6) is 1.74. The van der Waals surface area contributed by atoms with Crippen LogP contribution in [0.5, 0.6) is 11.5 Å². The fourth-order valence-corrected chi connectivity index (χ4v) is 2.65. The first-order chi connectivity index (χ1) is 6.20. The molecule has 0 spiro atoms. The van der Waals surface area contributed by atoms with E-state index in [1.807, 2.05) is 12.1 Å². The molecule has 0 amide bonds. The van der Waals surface area contributed by atoms with Crippen LogP contribution in [0.25, 0.3) is 0 Å². The van der Waals surface area contributed by atoms with Gasteiger partial charge in [0.15, 0.2) is 11.5 Å². The van der Waals surface area contributed by atoms with E-state index in [9.17, 15) is 0 Å². The van der Waals surface area contributed by atoms with Gasteiger partial charge in [-0.1, -0.05) is 25.2 Å². The summed E-state index contributed by atoms with van der Waals surface area (Å²) in [6.45, 7) is 4.55. The Morgan fingerprint density at radius 2 is 1.77 bits per heavy atom. The number of ether oxygens (including phenoxy) is 2. The molecule has 2 nitrogen and oxygen atoms in total. The van der Waals surface area contributed by atoms with Gasteiger partial charge in [-0.05, 0) is 11.3 Å². The van der Waals surface area contributed by atoms with Crippen molar-refractivity contribution in [3.63, 3.8) is 0 Å². The maximum Gasteiger partial charge on any atom is 0.160 e. The van der Waals surface area contributed by atoms with Gasteiger partial charge in [-0.15, -0.1) is 0 Å². The molecule has 0 bridgehead atoms. The Morgan fingerprint density at radius 1 is 1.08 bits per heavy atom. The lowest BCUT2D eigenvalue weighted by Gasteiger charge is -2.13. The van der Waals surface area contributed by atoms with E-state index in [2.05, 4.69) is 19.2 Å². The maximum atomic E-state index is 5.34. The number of para-hydroxylation sites is 1. The van der Waals surface area contributed by atoms with E-state index in [0.717, 1.165) is 11.5 Å². The average Bonchev–Trinajstić information content (AvgIpc) is 2.16. The van der Waals surface area contributed by atoms with E-state index in [-0.39, 0.29) is 0 Å². The Kier molecular flexibility index (Phi) is 3.37. The Balaban J connectivity index is 3.19. The third-order valence-corrected chi connectivity index (χ3v) is 3.75. The Bertz CT molecular complexity index is 284. The van der Waals surface area contributed by atoms with Gasteiger partial charge in [0.1, 0.15) is 0 Å². The zero-order valence-electron chi connectivity index (χ0n) is 8.63. The van der Waals surface area contributed by atoms with Crippen molar-refractivity contribution in [1.29, 1.82) is 0 Å². The van der Waals surface area contributed by atoms with Gasteiger partial charge in [-0.25, -0.2) is 0 Å². The lowest BCUT2D eigenvalue weighted by Crippen LogP contribution is -2.24. The van der Waals surface area contributed by atoms with Gasteiger partial charge in [0.25, 0.3) is 0 Å². The van der Waals surface area contributed by atoms with Gasteiger partial charge in [0.05, 0.1) is 23.0 Å². The van der Waals surface area contributed by atoms with E-state index >= 15 is 0 Å². The monoisotopic (exact) mass is 196 g/mol. The van der Waals surface area contributed by atoms with Gasteiger partial charge in [0, 0.05) is 0 Å². The average molecular weight is 196 g/mol. The summed E-state index contributed by atoms with van der Waals surface area (Å²) in [5, 5.41) is 1.32. The van der Waals surface area contributed by atoms with Crippen molar-refractivity contribution in [3.05, 3.63) is 18.2 Å². The molecule has 13 heavy (non-hydrogen) atoms. The molecule has 0 heterocycles. The topological polar surface area (TPSA) is 18.5 Å². The predicted molar refractivity (Wildman–Crippen MR) is 58.1 cm³/mol.